The molecule has 22 heavy (non-hydrogen) atoms. The molecule has 0 aliphatic carbocycles. The normalized spacial score (nSPS) is 11.3. The van der Waals surface area contributed by atoms with Gasteiger partial charge in [-0.2, -0.15) is 5.10 Å². The molecule has 2 aromatic rings. The Labute approximate surface area is 139 Å². The number of nitro benzene ring substituents is 1. The molecular weight excluding hydrogens is 370 g/mol. The lowest BCUT2D eigenvalue weighted by Gasteiger charge is -2.03. The third kappa shape index (κ3) is 3.77. The van der Waals surface area contributed by atoms with Crippen molar-refractivity contribution in [2.45, 2.75) is 13.8 Å². The van der Waals surface area contributed by atoms with Gasteiger partial charge in [0, 0.05) is 17.2 Å². The predicted molar refractivity (Wildman–Crippen MR) is 89.5 cm³/mol. The maximum Gasteiger partial charge on any atom is 0.273 e. The summed E-state index contributed by atoms with van der Waals surface area (Å²) in [5, 5.41) is 14.9. The zero-order chi connectivity index (χ0) is 16.3. The number of hydrogen-bond acceptors (Lipinski definition) is 5. The van der Waals surface area contributed by atoms with Crippen LogP contribution in [0.2, 0.25) is 0 Å². The number of carbonyl (C=O) groups excluding carboxylic acids is 1. The average Bonchev–Trinajstić information content (AvgIpc) is 2.91. The van der Waals surface area contributed by atoms with Gasteiger partial charge in [0.1, 0.15) is 0 Å². The number of nitrogens with zero attached hydrogens (tertiary/aromatic N) is 2. The minimum atomic E-state index is -0.510. The first-order chi connectivity index (χ1) is 10.4. The van der Waals surface area contributed by atoms with Gasteiger partial charge in [-0.15, -0.1) is 11.3 Å². The van der Waals surface area contributed by atoms with Gasteiger partial charge in [0.05, 0.1) is 19.3 Å². The predicted octanol–water partition coefficient (Wildman–Crippen LogP) is 3.88. The molecule has 0 bridgehead atoms. The molecule has 0 saturated heterocycles. The molecule has 1 amide bonds. The van der Waals surface area contributed by atoms with Crippen LogP contribution in [0.3, 0.4) is 0 Å². The van der Waals surface area contributed by atoms with Crippen LogP contribution in [0.5, 0.6) is 0 Å². The van der Waals surface area contributed by atoms with E-state index >= 15 is 0 Å². The van der Waals surface area contributed by atoms with Crippen molar-refractivity contribution in [3.05, 3.63) is 60.2 Å². The van der Waals surface area contributed by atoms with Gasteiger partial charge in [-0.1, -0.05) is 6.07 Å². The minimum Gasteiger partial charge on any atom is -0.267 e. The van der Waals surface area contributed by atoms with E-state index in [1.807, 2.05) is 12.1 Å². The maximum absolute atomic E-state index is 12.0. The number of carbonyl (C=O) groups is 1. The topological polar surface area (TPSA) is 84.6 Å². The summed E-state index contributed by atoms with van der Waals surface area (Å²) in [4.78, 5) is 23.3. The smallest absolute Gasteiger partial charge is 0.267 e. The first-order valence-corrected chi connectivity index (χ1v) is 7.85. The Bertz CT molecular complexity index is 770. The largest absolute Gasteiger partial charge is 0.273 e. The number of thiophene rings is 1. The number of hydrazone groups is 1. The zero-order valence-electron chi connectivity index (χ0n) is 11.8. The highest BCUT2D eigenvalue weighted by molar-refractivity contribution is 9.11. The second-order valence-corrected chi connectivity index (χ2v) is 6.96. The summed E-state index contributed by atoms with van der Waals surface area (Å²) in [5.41, 5.74) is 3.68. The lowest BCUT2D eigenvalue weighted by molar-refractivity contribution is -0.385. The highest BCUT2D eigenvalue weighted by atomic mass is 79.9. The highest BCUT2D eigenvalue weighted by Crippen LogP contribution is 2.22. The molecule has 0 radical (unpaired) electrons. The van der Waals surface area contributed by atoms with Gasteiger partial charge in [0.15, 0.2) is 0 Å². The summed E-state index contributed by atoms with van der Waals surface area (Å²) in [6.45, 7) is 3.40. The van der Waals surface area contributed by atoms with E-state index in [0.717, 1.165) is 8.66 Å². The monoisotopic (exact) mass is 381 g/mol. The third-order valence-corrected chi connectivity index (χ3v) is 4.66. The highest BCUT2D eigenvalue weighted by Gasteiger charge is 2.14. The second kappa shape index (κ2) is 6.80. The lowest BCUT2D eigenvalue weighted by atomic mass is 10.1. The molecule has 1 heterocycles. The molecule has 0 aliphatic rings. The lowest BCUT2D eigenvalue weighted by Crippen LogP contribution is -2.19. The Balaban J connectivity index is 2.16. The molecule has 1 N–H and O–H groups in total. The van der Waals surface area contributed by atoms with Gasteiger partial charge in [-0.05, 0) is 48.0 Å². The van der Waals surface area contributed by atoms with Crippen LogP contribution in [0.4, 0.5) is 5.69 Å². The van der Waals surface area contributed by atoms with Crippen LogP contribution in [0.1, 0.15) is 27.7 Å². The van der Waals surface area contributed by atoms with Crippen LogP contribution < -0.4 is 5.43 Å². The van der Waals surface area contributed by atoms with Crippen molar-refractivity contribution in [1.82, 2.24) is 5.43 Å². The Morgan fingerprint density at radius 3 is 2.68 bits per heavy atom. The fraction of sp³-hybridized carbons (Fsp3) is 0.143. The van der Waals surface area contributed by atoms with E-state index in [9.17, 15) is 14.9 Å². The summed E-state index contributed by atoms with van der Waals surface area (Å²) in [6.07, 6.45) is 0. The van der Waals surface area contributed by atoms with Crippen LogP contribution in [0.25, 0.3) is 0 Å². The number of benzene rings is 1. The molecule has 2 rings (SSSR count). The fourth-order valence-corrected chi connectivity index (χ4v) is 3.04. The summed E-state index contributed by atoms with van der Waals surface area (Å²) in [7, 11) is 0. The van der Waals surface area contributed by atoms with Crippen LogP contribution in [-0.2, 0) is 0 Å². The van der Waals surface area contributed by atoms with Gasteiger partial charge >= 0.3 is 0 Å². The fourth-order valence-electron chi connectivity index (χ4n) is 1.71. The van der Waals surface area contributed by atoms with Gasteiger partial charge in [-0.3, -0.25) is 14.9 Å². The number of hydrogen-bond donors (Lipinski definition) is 1. The molecule has 0 spiro atoms. The Morgan fingerprint density at radius 1 is 1.36 bits per heavy atom. The molecule has 6 nitrogen and oxygen atoms in total. The number of halogens is 1. The first kappa shape index (κ1) is 16.3. The maximum atomic E-state index is 12.0. The average molecular weight is 382 g/mol. The van der Waals surface area contributed by atoms with Crippen LogP contribution >= 0.6 is 27.3 Å². The van der Waals surface area contributed by atoms with Crippen molar-refractivity contribution in [2.75, 3.05) is 0 Å². The van der Waals surface area contributed by atoms with Gasteiger partial charge in [-0.25, -0.2) is 5.43 Å². The van der Waals surface area contributed by atoms with Crippen molar-refractivity contribution in [1.29, 1.82) is 0 Å². The Morgan fingerprint density at radius 2 is 2.09 bits per heavy atom. The molecule has 0 fully saturated rings. The van der Waals surface area contributed by atoms with Crippen LogP contribution in [0, 0.1) is 17.0 Å². The van der Waals surface area contributed by atoms with Crippen LogP contribution in [-0.4, -0.2) is 16.5 Å². The quantitative estimate of drug-likeness (QED) is 0.495. The van der Waals surface area contributed by atoms with Crippen molar-refractivity contribution in [3.8, 4) is 0 Å². The van der Waals surface area contributed by atoms with E-state index in [1.54, 1.807) is 19.9 Å². The van der Waals surface area contributed by atoms with E-state index in [1.165, 1.54) is 23.5 Å². The molecule has 1 aromatic carbocycles. The summed E-state index contributed by atoms with van der Waals surface area (Å²) in [6, 6.07) is 8.10. The molecule has 0 saturated carbocycles. The van der Waals surface area contributed by atoms with Crippen LogP contribution in [0.15, 0.2) is 39.2 Å². The van der Waals surface area contributed by atoms with Crippen molar-refractivity contribution in [3.63, 3.8) is 0 Å². The van der Waals surface area contributed by atoms with Crippen molar-refractivity contribution in [2.24, 2.45) is 5.10 Å². The Kier molecular flexibility index (Phi) is 5.04. The molecule has 1 aromatic heterocycles. The number of aryl methyl sites for hydroxylation is 1. The molecule has 114 valence electrons. The van der Waals surface area contributed by atoms with Crippen molar-refractivity contribution >= 4 is 44.6 Å². The standard InChI is InChI=1S/C14H12BrN3O3S/c1-8-3-4-10(7-11(8)18(20)21)14(19)17-16-9(2)12-5-6-13(15)22-12/h3-7H,1-2H3,(H,17,19). The van der Waals surface area contributed by atoms with E-state index in [-0.39, 0.29) is 11.3 Å². The minimum absolute atomic E-state index is 0.0875. The molecule has 0 atom stereocenters. The van der Waals surface area contributed by atoms with E-state index in [4.69, 9.17) is 0 Å². The molecular formula is C14H12BrN3O3S. The van der Waals surface area contributed by atoms with E-state index in [0.29, 0.717) is 11.3 Å². The number of nitrogens with one attached hydrogen (secondary N) is 1. The number of amides is 1. The first-order valence-electron chi connectivity index (χ1n) is 6.24. The number of rotatable bonds is 4. The van der Waals surface area contributed by atoms with E-state index in [2.05, 4.69) is 26.5 Å². The molecule has 0 aliphatic heterocycles. The summed E-state index contributed by atoms with van der Waals surface area (Å²) >= 11 is 4.85. The van der Waals surface area contributed by atoms with E-state index < -0.39 is 10.8 Å². The van der Waals surface area contributed by atoms with Crippen molar-refractivity contribution < 1.29 is 9.72 Å². The second-order valence-electron chi connectivity index (χ2n) is 4.50. The van der Waals surface area contributed by atoms with Gasteiger partial charge in [0.25, 0.3) is 11.6 Å². The molecule has 8 heteroatoms. The Hall–Kier alpha value is -2.06. The van der Waals surface area contributed by atoms with Gasteiger partial charge < -0.3 is 0 Å². The summed E-state index contributed by atoms with van der Waals surface area (Å²) < 4.78 is 0.970. The molecule has 0 unspecified atom stereocenters. The van der Waals surface area contributed by atoms with Gasteiger partial charge in [0.2, 0.25) is 0 Å². The SMILES string of the molecule is CC(=NNC(=O)c1ccc(C)c([N+](=O)[O-])c1)c1ccc(Br)s1. The number of nitro groups is 1. The third-order valence-electron chi connectivity index (χ3n) is 2.92. The summed E-state index contributed by atoms with van der Waals surface area (Å²) in [5.74, 6) is -0.488. The zero-order valence-corrected chi connectivity index (χ0v) is 14.2.